The standard InChI is InChI=1S/C32H36F2O/c1-3-5-6-7-23-10-13-27-22-28(15-14-26(27)19-23)29-16-11-24(20-30(29)33)8-9-25-12-17-32(31(34)21-25)35-18-4-2/h3-5,11-12,16-17,20-21,23,26-28H,2,6-7,10,13-15,18-19,22H2,1H3/b5-3+. The van der Waals surface area contributed by atoms with E-state index in [1.165, 1.54) is 50.7 Å². The molecule has 2 saturated carbocycles. The van der Waals surface area contributed by atoms with Crippen LogP contribution in [0, 0.1) is 41.2 Å². The fourth-order valence-corrected chi connectivity index (χ4v) is 5.95. The van der Waals surface area contributed by atoms with E-state index in [-0.39, 0.29) is 18.2 Å². The first-order valence-electron chi connectivity index (χ1n) is 13.0. The summed E-state index contributed by atoms with van der Waals surface area (Å²) in [6.07, 6.45) is 15.9. The average Bonchev–Trinajstić information content (AvgIpc) is 2.87. The Morgan fingerprint density at radius 3 is 2.37 bits per heavy atom. The number of ether oxygens (including phenoxy) is 1. The summed E-state index contributed by atoms with van der Waals surface area (Å²) < 4.78 is 34.5. The summed E-state index contributed by atoms with van der Waals surface area (Å²) >= 11 is 0. The zero-order chi connectivity index (χ0) is 24.6. The molecule has 0 aromatic heterocycles. The molecule has 4 atom stereocenters. The lowest BCUT2D eigenvalue weighted by molar-refractivity contribution is 0.114. The van der Waals surface area contributed by atoms with Gasteiger partial charge in [-0.2, -0.15) is 0 Å². The molecule has 184 valence electrons. The van der Waals surface area contributed by atoms with Crippen LogP contribution in [0.15, 0.2) is 61.2 Å². The molecule has 2 aliphatic carbocycles. The fourth-order valence-electron chi connectivity index (χ4n) is 5.95. The highest BCUT2D eigenvalue weighted by Crippen LogP contribution is 2.48. The SMILES string of the molecule is C=CCOc1ccc(C#Cc2ccc(C3CCC4CC(CC/C=C/C)CCC4C3)c(F)c2)cc1F. The van der Waals surface area contributed by atoms with Crippen molar-refractivity contribution in [1.82, 2.24) is 0 Å². The van der Waals surface area contributed by atoms with Crippen LogP contribution in [-0.4, -0.2) is 6.61 Å². The Hall–Kier alpha value is -2.86. The van der Waals surface area contributed by atoms with Crippen LogP contribution in [0.4, 0.5) is 8.78 Å². The maximum absolute atomic E-state index is 15.1. The topological polar surface area (TPSA) is 9.23 Å². The summed E-state index contributed by atoms with van der Waals surface area (Å²) in [5.41, 5.74) is 1.96. The fraction of sp³-hybridized carbons (Fsp3) is 0.438. The van der Waals surface area contributed by atoms with Crippen LogP contribution in [0.3, 0.4) is 0 Å². The van der Waals surface area contributed by atoms with Gasteiger partial charge in [0.15, 0.2) is 11.6 Å². The number of halogens is 2. The Balaban J connectivity index is 1.37. The molecule has 2 fully saturated rings. The van der Waals surface area contributed by atoms with Crippen molar-refractivity contribution in [3.05, 3.63) is 89.5 Å². The van der Waals surface area contributed by atoms with E-state index in [9.17, 15) is 4.39 Å². The molecular weight excluding hydrogens is 438 g/mol. The Morgan fingerprint density at radius 2 is 1.66 bits per heavy atom. The number of hydrogen-bond donors (Lipinski definition) is 0. The minimum atomic E-state index is -0.470. The molecule has 35 heavy (non-hydrogen) atoms. The van der Waals surface area contributed by atoms with Gasteiger partial charge < -0.3 is 4.74 Å². The first kappa shape index (κ1) is 25.2. The highest BCUT2D eigenvalue weighted by atomic mass is 19.1. The first-order valence-corrected chi connectivity index (χ1v) is 13.0. The molecule has 0 saturated heterocycles. The van der Waals surface area contributed by atoms with Crippen molar-refractivity contribution < 1.29 is 13.5 Å². The minimum absolute atomic E-state index is 0.167. The van der Waals surface area contributed by atoms with Gasteiger partial charge in [-0.3, -0.25) is 0 Å². The molecule has 2 aromatic carbocycles. The maximum Gasteiger partial charge on any atom is 0.166 e. The second-order valence-electron chi connectivity index (χ2n) is 10.1. The number of fused-ring (bicyclic) bond motifs is 1. The van der Waals surface area contributed by atoms with Gasteiger partial charge in [-0.05, 0) is 111 Å². The molecule has 4 unspecified atom stereocenters. The lowest BCUT2D eigenvalue weighted by atomic mass is 9.63. The van der Waals surface area contributed by atoms with Crippen molar-refractivity contribution in [2.45, 2.75) is 64.2 Å². The molecule has 2 aliphatic rings. The second kappa shape index (κ2) is 12.2. The van der Waals surface area contributed by atoms with E-state index in [1.54, 1.807) is 18.2 Å². The molecular formula is C32H36F2O. The van der Waals surface area contributed by atoms with Gasteiger partial charge in [0.05, 0.1) is 0 Å². The van der Waals surface area contributed by atoms with Gasteiger partial charge in [0.1, 0.15) is 12.4 Å². The van der Waals surface area contributed by atoms with Crippen molar-refractivity contribution in [3.63, 3.8) is 0 Å². The number of hydrogen-bond acceptors (Lipinski definition) is 1. The molecule has 0 radical (unpaired) electrons. The van der Waals surface area contributed by atoms with Crippen LogP contribution in [0.25, 0.3) is 0 Å². The van der Waals surface area contributed by atoms with Crippen LogP contribution in [0.5, 0.6) is 5.75 Å². The zero-order valence-corrected chi connectivity index (χ0v) is 20.7. The third-order valence-corrected chi connectivity index (χ3v) is 7.78. The van der Waals surface area contributed by atoms with Crippen molar-refractivity contribution in [2.24, 2.45) is 17.8 Å². The van der Waals surface area contributed by atoms with Gasteiger partial charge in [-0.1, -0.05) is 49.1 Å². The summed E-state index contributed by atoms with van der Waals surface area (Å²) in [7, 11) is 0. The van der Waals surface area contributed by atoms with E-state index in [4.69, 9.17) is 4.74 Å². The monoisotopic (exact) mass is 474 g/mol. The summed E-state index contributed by atoms with van der Waals surface area (Å²) in [6, 6.07) is 9.94. The van der Waals surface area contributed by atoms with Gasteiger partial charge >= 0.3 is 0 Å². The van der Waals surface area contributed by atoms with Gasteiger partial charge in [-0.15, -0.1) is 0 Å². The van der Waals surface area contributed by atoms with Crippen molar-refractivity contribution in [2.75, 3.05) is 6.61 Å². The molecule has 1 nitrogen and oxygen atoms in total. The molecule has 0 N–H and O–H groups in total. The Bertz CT molecular complexity index is 1110. The van der Waals surface area contributed by atoms with Gasteiger partial charge in [-0.25, -0.2) is 8.78 Å². The summed E-state index contributed by atoms with van der Waals surface area (Å²) in [5, 5.41) is 0. The number of allylic oxidation sites excluding steroid dienone is 2. The van der Waals surface area contributed by atoms with Crippen molar-refractivity contribution >= 4 is 0 Å². The second-order valence-corrected chi connectivity index (χ2v) is 10.1. The number of benzene rings is 2. The Morgan fingerprint density at radius 1 is 0.943 bits per heavy atom. The van der Waals surface area contributed by atoms with Crippen LogP contribution < -0.4 is 4.74 Å². The normalized spacial score (nSPS) is 23.9. The number of rotatable bonds is 7. The molecule has 0 amide bonds. The van der Waals surface area contributed by atoms with E-state index in [1.807, 2.05) is 12.1 Å². The Labute approximate surface area is 209 Å². The lowest BCUT2D eigenvalue weighted by Crippen LogP contribution is -2.30. The molecule has 4 rings (SSSR count). The van der Waals surface area contributed by atoms with E-state index in [0.29, 0.717) is 17.0 Å². The highest BCUT2D eigenvalue weighted by molar-refractivity contribution is 5.46. The summed E-state index contributed by atoms with van der Waals surface area (Å²) in [5.74, 6) is 8.16. The molecule has 2 aromatic rings. The third kappa shape index (κ3) is 6.63. The van der Waals surface area contributed by atoms with Gasteiger partial charge in [0, 0.05) is 11.1 Å². The van der Waals surface area contributed by atoms with Crippen LogP contribution >= 0.6 is 0 Å². The lowest BCUT2D eigenvalue weighted by Gasteiger charge is -2.42. The predicted molar refractivity (Wildman–Crippen MR) is 139 cm³/mol. The zero-order valence-electron chi connectivity index (χ0n) is 20.7. The smallest absolute Gasteiger partial charge is 0.166 e. The van der Waals surface area contributed by atoms with Gasteiger partial charge in [0.2, 0.25) is 0 Å². The largest absolute Gasteiger partial charge is 0.486 e. The van der Waals surface area contributed by atoms with Gasteiger partial charge in [0.25, 0.3) is 0 Å². The highest BCUT2D eigenvalue weighted by Gasteiger charge is 2.36. The molecule has 0 spiro atoms. The summed E-state index contributed by atoms with van der Waals surface area (Å²) in [6.45, 7) is 5.90. The van der Waals surface area contributed by atoms with E-state index >= 15 is 4.39 Å². The van der Waals surface area contributed by atoms with E-state index in [0.717, 1.165) is 36.2 Å². The quantitative estimate of drug-likeness (QED) is 0.288. The van der Waals surface area contributed by atoms with Crippen LogP contribution in [-0.2, 0) is 0 Å². The van der Waals surface area contributed by atoms with Crippen molar-refractivity contribution in [3.8, 4) is 17.6 Å². The van der Waals surface area contributed by atoms with Crippen LogP contribution in [0.2, 0.25) is 0 Å². The van der Waals surface area contributed by atoms with Crippen molar-refractivity contribution in [1.29, 1.82) is 0 Å². The molecule has 0 aliphatic heterocycles. The molecule has 0 heterocycles. The van der Waals surface area contributed by atoms with Crippen LogP contribution in [0.1, 0.15) is 80.9 Å². The minimum Gasteiger partial charge on any atom is -0.486 e. The Kier molecular flexibility index (Phi) is 8.80. The third-order valence-electron chi connectivity index (χ3n) is 7.78. The molecule has 3 heteroatoms. The van der Waals surface area contributed by atoms with E-state index < -0.39 is 5.82 Å². The van der Waals surface area contributed by atoms with E-state index in [2.05, 4.69) is 37.5 Å². The molecule has 0 bridgehead atoms. The summed E-state index contributed by atoms with van der Waals surface area (Å²) in [4.78, 5) is 0. The average molecular weight is 475 g/mol. The predicted octanol–water partition coefficient (Wildman–Crippen LogP) is 8.59. The first-order chi connectivity index (χ1) is 17.1. The maximum atomic E-state index is 15.1.